The SMILES string of the molecule is C=C(N=Cc1cc(I)cc(OC)c1OCCO[Si](C)(C)C(C)(C)C)O[Si](C)(C)C. The standard InChI is InChI=1S/C21H36INO4Si2/c1-16(27-28(6,7)8)23-15-17-13-18(22)14-19(24-5)20(17)25-11-12-26-29(9,10)21(2,3)4/h13-15H,1,11-12H2,2-10H3. The highest BCUT2D eigenvalue weighted by Gasteiger charge is 2.36. The monoisotopic (exact) mass is 549 g/mol. The molecule has 1 rings (SSSR count). The van der Waals surface area contributed by atoms with Gasteiger partial charge in [-0.3, -0.25) is 0 Å². The van der Waals surface area contributed by atoms with Gasteiger partial charge >= 0.3 is 0 Å². The maximum absolute atomic E-state index is 6.21. The van der Waals surface area contributed by atoms with Crippen LogP contribution in [0.3, 0.4) is 0 Å². The summed E-state index contributed by atoms with van der Waals surface area (Å²) in [6.45, 7) is 22.3. The van der Waals surface area contributed by atoms with Gasteiger partial charge in [0.15, 0.2) is 25.7 Å². The minimum Gasteiger partial charge on any atom is -0.532 e. The van der Waals surface area contributed by atoms with Gasteiger partial charge in [0.05, 0.1) is 13.7 Å². The molecule has 0 amide bonds. The van der Waals surface area contributed by atoms with Crippen molar-refractivity contribution < 1.29 is 18.3 Å². The summed E-state index contributed by atoms with van der Waals surface area (Å²) >= 11 is 2.25. The highest BCUT2D eigenvalue weighted by atomic mass is 127. The van der Waals surface area contributed by atoms with Gasteiger partial charge in [0, 0.05) is 15.3 Å². The third-order valence-electron chi connectivity index (χ3n) is 4.64. The average Bonchev–Trinajstić information content (AvgIpc) is 2.54. The molecular weight excluding hydrogens is 513 g/mol. The Morgan fingerprint density at radius 1 is 1.14 bits per heavy atom. The van der Waals surface area contributed by atoms with E-state index in [1.54, 1.807) is 13.3 Å². The minimum atomic E-state index is -1.80. The Morgan fingerprint density at radius 2 is 1.76 bits per heavy atom. The van der Waals surface area contributed by atoms with Crippen LogP contribution in [-0.4, -0.2) is 43.2 Å². The zero-order valence-electron chi connectivity index (χ0n) is 19.3. The van der Waals surface area contributed by atoms with E-state index in [1.165, 1.54) is 0 Å². The highest BCUT2D eigenvalue weighted by molar-refractivity contribution is 14.1. The molecule has 29 heavy (non-hydrogen) atoms. The first-order valence-corrected chi connectivity index (χ1v) is 17.1. The smallest absolute Gasteiger partial charge is 0.244 e. The molecule has 0 unspecified atom stereocenters. The number of hydrogen-bond donors (Lipinski definition) is 0. The van der Waals surface area contributed by atoms with Crippen molar-refractivity contribution in [1.29, 1.82) is 0 Å². The van der Waals surface area contributed by atoms with Crippen LogP contribution in [0.1, 0.15) is 26.3 Å². The van der Waals surface area contributed by atoms with E-state index in [0.29, 0.717) is 30.6 Å². The maximum Gasteiger partial charge on any atom is 0.244 e. The van der Waals surface area contributed by atoms with Crippen molar-refractivity contribution in [3.05, 3.63) is 33.7 Å². The summed E-state index contributed by atoms with van der Waals surface area (Å²) in [4.78, 5) is 4.39. The van der Waals surface area contributed by atoms with Crippen LogP contribution in [0.4, 0.5) is 0 Å². The van der Waals surface area contributed by atoms with Crippen molar-refractivity contribution in [2.24, 2.45) is 4.99 Å². The van der Waals surface area contributed by atoms with Crippen LogP contribution in [0.5, 0.6) is 11.5 Å². The summed E-state index contributed by atoms with van der Waals surface area (Å²) in [6, 6.07) is 3.94. The lowest BCUT2D eigenvalue weighted by molar-refractivity contribution is 0.198. The van der Waals surface area contributed by atoms with Crippen molar-refractivity contribution in [1.82, 2.24) is 0 Å². The molecule has 1 aromatic carbocycles. The van der Waals surface area contributed by atoms with Crippen molar-refractivity contribution in [3.63, 3.8) is 0 Å². The molecule has 0 saturated carbocycles. The van der Waals surface area contributed by atoms with Gasteiger partial charge in [-0.2, -0.15) is 0 Å². The van der Waals surface area contributed by atoms with Gasteiger partial charge in [0.25, 0.3) is 0 Å². The van der Waals surface area contributed by atoms with Crippen LogP contribution in [0, 0.1) is 3.57 Å². The van der Waals surface area contributed by atoms with E-state index in [-0.39, 0.29) is 5.04 Å². The molecule has 0 N–H and O–H groups in total. The minimum absolute atomic E-state index is 0.169. The molecule has 164 valence electrons. The van der Waals surface area contributed by atoms with Gasteiger partial charge in [0.2, 0.25) is 8.32 Å². The molecule has 0 radical (unpaired) electrons. The molecule has 0 fully saturated rings. The zero-order valence-corrected chi connectivity index (χ0v) is 23.5. The summed E-state index contributed by atoms with van der Waals surface area (Å²) in [5.74, 6) is 1.73. The normalized spacial score (nSPS) is 12.9. The molecule has 0 heterocycles. The Kier molecular flexibility index (Phi) is 9.44. The Bertz CT molecular complexity index is 737. The number of nitrogens with zero attached hydrogens (tertiary/aromatic N) is 1. The molecule has 1 aromatic rings. The molecule has 0 atom stereocenters. The van der Waals surface area contributed by atoms with Gasteiger partial charge in [-0.25, -0.2) is 4.99 Å². The fourth-order valence-corrected chi connectivity index (χ4v) is 4.57. The zero-order chi connectivity index (χ0) is 22.5. The number of benzene rings is 1. The Hall–Kier alpha value is -0.846. The lowest BCUT2D eigenvalue weighted by Crippen LogP contribution is -2.41. The number of ether oxygens (including phenoxy) is 2. The van der Waals surface area contributed by atoms with Crippen LogP contribution in [0.15, 0.2) is 29.6 Å². The van der Waals surface area contributed by atoms with Gasteiger partial charge in [-0.1, -0.05) is 20.8 Å². The second-order valence-electron chi connectivity index (χ2n) is 9.35. The Balaban J connectivity index is 2.94. The molecular formula is C21H36INO4Si2. The summed E-state index contributed by atoms with van der Waals surface area (Å²) in [7, 11) is -1.91. The Morgan fingerprint density at radius 3 is 2.28 bits per heavy atom. The van der Waals surface area contributed by atoms with E-state index in [4.69, 9.17) is 18.3 Å². The van der Waals surface area contributed by atoms with Gasteiger partial charge in [-0.05, 0) is 79.1 Å². The van der Waals surface area contributed by atoms with Crippen LogP contribution in [-0.2, 0) is 8.85 Å². The number of halogens is 1. The molecule has 8 heteroatoms. The van der Waals surface area contributed by atoms with Crippen LogP contribution < -0.4 is 9.47 Å². The Labute approximate surface area is 192 Å². The van der Waals surface area contributed by atoms with Crippen LogP contribution in [0.25, 0.3) is 0 Å². The molecule has 0 saturated heterocycles. The lowest BCUT2D eigenvalue weighted by Gasteiger charge is -2.36. The maximum atomic E-state index is 6.21. The van der Waals surface area contributed by atoms with E-state index < -0.39 is 16.6 Å². The first kappa shape index (κ1) is 26.2. The van der Waals surface area contributed by atoms with Gasteiger partial charge in [-0.15, -0.1) is 0 Å². The second-order valence-corrected chi connectivity index (χ2v) is 19.8. The topological polar surface area (TPSA) is 49.3 Å². The lowest BCUT2D eigenvalue weighted by atomic mass is 10.2. The van der Waals surface area contributed by atoms with Crippen molar-refractivity contribution in [2.75, 3.05) is 20.3 Å². The predicted molar refractivity (Wildman–Crippen MR) is 136 cm³/mol. The van der Waals surface area contributed by atoms with Crippen LogP contribution in [0.2, 0.25) is 37.8 Å². The predicted octanol–water partition coefficient (Wildman–Crippen LogP) is 6.44. The van der Waals surface area contributed by atoms with E-state index >= 15 is 0 Å². The molecule has 0 aromatic heterocycles. The third-order valence-corrected chi connectivity index (χ3v) is 10.6. The molecule has 0 spiro atoms. The molecule has 0 aliphatic rings. The summed E-state index contributed by atoms with van der Waals surface area (Å²) in [6.07, 6.45) is 1.72. The molecule has 0 aliphatic heterocycles. The largest absolute Gasteiger partial charge is 0.532 e. The molecule has 0 aliphatic carbocycles. The summed E-state index contributed by atoms with van der Waals surface area (Å²) < 4.78 is 24.7. The van der Waals surface area contributed by atoms with Crippen LogP contribution >= 0.6 is 22.6 Å². The van der Waals surface area contributed by atoms with E-state index in [2.05, 4.69) is 87.7 Å². The van der Waals surface area contributed by atoms with Crippen molar-refractivity contribution in [2.45, 2.75) is 58.5 Å². The highest BCUT2D eigenvalue weighted by Crippen LogP contribution is 2.37. The second kappa shape index (κ2) is 10.5. The van der Waals surface area contributed by atoms with Gasteiger partial charge in [0.1, 0.15) is 6.61 Å². The molecule has 5 nitrogen and oxygen atoms in total. The quantitative estimate of drug-likeness (QED) is 0.111. The first-order chi connectivity index (χ1) is 13.2. The fourth-order valence-electron chi connectivity index (χ4n) is 2.17. The molecule has 0 bridgehead atoms. The van der Waals surface area contributed by atoms with Crippen molar-refractivity contribution in [3.8, 4) is 11.5 Å². The first-order valence-electron chi connectivity index (χ1n) is 9.72. The van der Waals surface area contributed by atoms with E-state index in [9.17, 15) is 0 Å². The van der Waals surface area contributed by atoms with E-state index in [0.717, 1.165) is 9.13 Å². The summed E-state index contributed by atoms with van der Waals surface area (Å²) in [5, 5.41) is 0.169. The number of hydrogen-bond acceptors (Lipinski definition) is 5. The summed E-state index contributed by atoms with van der Waals surface area (Å²) in [5.41, 5.74) is 0.821. The fraction of sp³-hybridized carbons (Fsp3) is 0.571. The van der Waals surface area contributed by atoms with Gasteiger partial charge < -0.3 is 18.3 Å². The number of methoxy groups -OCH3 is 1. The van der Waals surface area contributed by atoms with E-state index in [1.807, 2.05) is 12.1 Å². The third kappa shape index (κ3) is 8.81. The number of rotatable bonds is 10. The average molecular weight is 550 g/mol. The number of aliphatic imine (C=N–C) groups is 1. The van der Waals surface area contributed by atoms with Crippen molar-refractivity contribution >= 4 is 45.4 Å².